The van der Waals surface area contributed by atoms with E-state index in [-0.39, 0.29) is 11.5 Å². The Morgan fingerprint density at radius 3 is 3.00 bits per heavy atom. The number of carbonyl (C=O) groups excluding carboxylic acids is 1. The number of nitrogens with zero attached hydrogens (tertiary/aromatic N) is 3. The fraction of sp³-hybridized carbons (Fsp3) is 0.333. The summed E-state index contributed by atoms with van der Waals surface area (Å²) in [6.07, 6.45) is 5.38. The number of amides is 1. The monoisotopic (exact) mass is 337 g/mol. The molecule has 2 aromatic heterocycles. The Labute approximate surface area is 144 Å². The molecule has 4 rings (SSSR count). The van der Waals surface area contributed by atoms with Gasteiger partial charge in [0.2, 0.25) is 0 Å². The molecule has 0 unspecified atom stereocenters. The van der Waals surface area contributed by atoms with Crippen LogP contribution in [0.15, 0.2) is 35.3 Å². The molecule has 0 aliphatic heterocycles. The van der Waals surface area contributed by atoms with E-state index in [9.17, 15) is 9.59 Å². The minimum Gasteiger partial charge on any atom is -0.350 e. The molecule has 0 radical (unpaired) electrons. The van der Waals surface area contributed by atoms with Crippen LogP contribution in [0, 0.1) is 0 Å². The van der Waals surface area contributed by atoms with Gasteiger partial charge in [0, 0.05) is 11.9 Å². The minimum absolute atomic E-state index is 0.218. The molecule has 7 nitrogen and oxygen atoms in total. The zero-order chi connectivity index (χ0) is 17.2. The van der Waals surface area contributed by atoms with Gasteiger partial charge in [0.25, 0.3) is 11.5 Å². The minimum atomic E-state index is -0.414. The number of aryl methyl sites for hydroxylation is 1. The Kier molecular flexibility index (Phi) is 4.05. The lowest BCUT2D eigenvalue weighted by molar-refractivity contribution is 0.0949. The van der Waals surface area contributed by atoms with Gasteiger partial charge < -0.3 is 5.32 Å². The molecular weight excluding hydrogens is 318 g/mol. The summed E-state index contributed by atoms with van der Waals surface area (Å²) in [5.41, 5.74) is 2.47. The van der Waals surface area contributed by atoms with Gasteiger partial charge in [-0.1, -0.05) is 18.2 Å². The molecule has 2 N–H and O–H groups in total. The second kappa shape index (κ2) is 6.51. The molecule has 1 amide bonds. The maximum atomic E-state index is 12.5. The van der Waals surface area contributed by atoms with Crippen LogP contribution < -0.4 is 10.9 Å². The van der Waals surface area contributed by atoms with E-state index in [4.69, 9.17) is 0 Å². The van der Waals surface area contributed by atoms with Crippen LogP contribution in [-0.4, -0.2) is 32.4 Å². The number of hydrogen-bond acceptors (Lipinski definition) is 4. The van der Waals surface area contributed by atoms with Gasteiger partial charge in [-0.15, -0.1) is 0 Å². The second-order valence-electron chi connectivity index (χ2n) is 6.24. The molecule has 7 heteroatoms. The van der Waals surface area contributed by atoms with E-state index in [1.54, 1.807) is 6.20 Å². The topological polar surface area (TPSA) is 92.7 Å². The van der Waals surface area contributed by atoms with E-state index >= 15 is 0 Å². The average molecular weight is 337 g/mol. The van der Waals surface area contributed by atoms with Crippen molar-refractivity contribution in [2.75, 3.05) is 6.54 Å². The first-order valence-electron chi connectivity index (χ1n) is 8.53. The van der Waals surface area contributed by atoms with Crippen molar-refractivity contribution in [3.63, 3.8) is 0 Å². The number of benzene rings is 1. The third kappa shape index (κ3) is 2.93. The number of rotatable bonds is 4. The van der Waals surface area contributed by atoms with E-state index in [1.165, 1.54) is 0 Å². The number of fused-ring (bicyclic) bond motifs is 2. The number of H-pyrrole nitrogens is 1. The Morgan fingerprint density at radius 1 is 1.24 bits per heavy atom. The molecule has 0 fully saturated rings. The lowest BCUT2D eigenvalue weighted by Crippen LogP contribution is -2.35. The van der Waals surface area contributed by atoms with Crippen LogP contribution in [0.1, 0.15) is 34.5 Å². The van der Waals surface area contributed by atoms with E-state index in [0.29, 0.717) is 13.1 Å². The molecule has 25 heavy (non-hydrogen) atoms. The van der Waals surface area contributed by atoms with Gasteiger partial charge in [0.1, 0.15) is 5.56 Å². The average Bonchev–Trinajstić information content (AvgIpc) is 3.05. The molecule has 1 aromatic carbocycles. The molecule has 0 atom stereocenters. The van der Waals surface area contributed by atoms with Crippen LogP contribution in [0.25, 0.3) is 10.9 Å². The van der Waals surface area contributed by atoms with Crippen LogP contribution in [0.4, 0.5) is 0 Å². The molecule has 0 saturated carbocycles. The number of aromatic amines is 1. The highest BCUT2D eigenvalue weighted by molar-refractivity contribution is 5.95. The van der Waals surface area contributed by atoms with Gasteiger partial charge in [-0.2, -0.15) is 10.2 Å². The van der Waals surface area contributed by atoms with Gasteiger partial charge >= 0.3 is 0 Å². The van der Waals surface area contributed by atoms with Crippen LogP contribution in [0.2, 0.25) is 0 Å². The molecule has 0 spiro atoms. The fourth-order valence-corrected chi connectivity index (χ4v) is 3.40. The van der Waals surface area contributed by atoms with Crippen molar-refractivity contribution in [1.82, 2.24) is 25.3 Å². The first-order chi connectivity index (χ1) is 12.2. The quantitative estimate of drug-likeness (QED) is 0.753. The highest BCUT2D eigenvalue weighted by atomic mass is 16.2. The number of nitrogens with one attached hydrogen (secondary N) is 2. The summed E-state index contributed by atoms with van der Waals surface area (Å²) in [7, 11) is 0. The van der Waals surface area contributed by atoms with Crippen molar-refractivity contribution in [1.29, 1.82) is 0 Å². The predicted molar refractivity (Wildman–Crippen MR) is 93.6 cm³/mol. The first kappa shape index (κ1) is 15.6. The fourth-order valence-electron chi connectivity index (χ4n) is 3.40. The third-order valence-electron chi connectivity index (χ3n) is 4.65. The van der Waals surface area contributed by atoms with Crippen molar-refractivity contribution < 1.29 is 4.79 Å². The van der Waals surface area contributed by atoms with E-state index in [0.717, 1.165) is 47.8 Å². The zero-order valence-electron chi connectivity index (χ0n) is 13.8. The maximum absolute atomic E-state index is 12.5. The lowest BCUT2D eigenvalue weighted by atomic mass is 9.93. The molecule has 128 valence electrons. The molecule has 1 aliphatic rings. The van der Waals surface area contributed by atoms with E-state index in [2.05, 4.69) is 20.6 Å². The standard InChI is InChI=1S/C18H19N5O2/c24-17(16-13-6-2-3-7-14(13)21-22-18(16)25)19-9-10-23-15-8-4-1-5-12(15)11-20-23/h1,4-5,8,11H,2-3,6-7,9-10H2,(H,19,24)(H,22,25). The summed E-state index contributed by atoms with van der Waals surface area (Å²) < 4.78 is 1.85. The molecule has 2 heterocycles. The number of hydrogen-bond donors (Lipinski definition) is 2. The van der Waals surface area contributed by atoms with Gasteiger partial charge in [-0.3, -0.25) is 14.3 Å². The molecular formula is C18H19N5O2. The second-order valence-corrected chi connectivity index (χ2v) is 6.24. The van der Waals surface area contributed by atoms with Gasteiger partial charge in [0.05, 0.1) is 24.0 Å². The third-order valence-corrected chi connectivity index (χ3v) is 4.65. The summed E-state index contributed by atoms with van der Waals surface area (Å²) in [5, 5.41) is 14.8. The Hall–Kier alpha value is -2.96. The van der Waals surface area contributed by atoms with Gasteiger partial charge in [0.15, 0.2) is 0 Å². The molecule has 1 aliphatic carbocycles. The van der Waals surface area contributed by atoms with E-state index < -0.39 is 5.56 Å². The summed E-state index contributed by atoms with van der Waals surface area (Å²) in [5.74, 6) is -0.335. The lowest BCUT2D eigenvalue weighted by Gasteiger charge is -2.16. The highest BCUT2D eigenvalue weighted by Crippen LogP contribution is 2.20. The molecule has 3 aromatic rings. The highest BCUT2D eigenvalue weighted by Gasteiger charge is 2.22. The number of carbonyl (C=O) groups is 1. The van der Waals surface area contributed by atoms with Crippen LogP contribution in [-0.2, 0) is 19.4 Å². The first-order valence-corrected chi connectivity index (χ1v) is 8.53. The summed E-state index contributed by atoms with van der Waals surface area (Å²) in [4.78, 5) is 24.6. The number of aromatic nitrogens is 4. The van der Waals surface area contributed by atoms with Crippen LogP contribution in [0.3, 0.4) is 0 Å². The predicted octanol–water partition coefficient (Wildman–Crippen LogP) is 1.43. The Balaban J connectivity index is 1.49. The van der Waals surface area contributed by atoms with Gasteiger partial charge in [-0.05, 0) is 37.3 Å². The summed E-state index contributed by atoms with van der Waals surface area (Å²) in [6, 6.07) is 7.92. The van der Waals surface area contributed by atoms with Crippen molar-refractivity contribution in [2.45, 2.75) is 32.2 Å². The van der Waals surface area contributed by atoms with Gasteiger partial charge in [-0.25, -0.2) is 5.10 Å². The maximum Gasteiger partial charge on any atom is 0.277 e. The zero-order valence-corrected chi connectivity index (χ0v) is 13.8. The SMILES string of the molecule is O=C(NCCn1ncc2ccccc21)c1c2c(n[nH]c1=O)CCCC2. The molecule has 0 saturated heterocycles. The van der Waals surface area contributed by atoms with Crippen molar-refractivity contribution >= 4 is 16.8 Å². The van der Waals surface area contributed by atoms with Crippen LogP contribution >= 0.6 is 0 Å². The Bertz CT molecular complexity index is 989. The normalized spacial score (nSPS) is 13.6. The largest absolute Gasteiger partial charge is 0.350 e. The van der Waals surface area contributed by atoms with Crippen molar-refractivity contribution in [2.24, 2.45) is 0 Å². The van der Waals surface area contributed by atoms with Crippen molar-refractivity contribution in [3.8, 4) is 0 Å². The van der Waals surface area contributed by atoms with Crippen LogP contribution in [0.5, 0.6) is 0 Å². The van der Waals surface area contributed by atoms with Crippen molar-refractivity contribution in [3.05, 3.63) is 57.6 Å². The van der Waals surface area contributed by atoms with E-state index in [1.807, 2.05) is 28.9 Å². The summed E-state index contributed by atoms with van der Waals surface area (Å²) in [6.45, 7) is 0.950. The smallest absolute Gasteiger partial charge is 0.277 e. The Morgan fingerprint density at radius 2 is 2.08 bits per heavy atom. The summed E-state index contributed by atoms with van der Waals surface area (Å²) >= 11 is 0. The molecule has 0 bridgehead atoms. The number of para-hydroxylation sites is 1.